The molecule has 0 radical (unpaired) electrons. The van der Waals surface area contributed by atoms with Crippen LogP contribution in [0, 0.1) is 28.6 Å². The minimum Gasteiger partial charge on any atom is -0.393 e. The summed E-state index contributed by atoms with van der Waals surface area (Å²) < 4.78 is 0. The van der Waals surface area contributed by atoms with Crippen LogP contribution < -0.4 is 0 Å². The molecule has 1 aromatic rings. The first kappa shape index (κ1) is 20.8. The Balaban J connectivity index is 1.49. The second kappa shape index (κ2) is 7.22. The maximum Gasteiger partial charge on any atom is 0.165 e. The number of fused-ring (bicyclic) bond motifs is 5. The lowest BCUT2D eigenvalue weighted by Gasteiger charge is -2.56. The fourth-order valence-corrected chi connectivity index (χ4v) is 7.62. The van der Waals surface area contributed by atoms with Crippen LogP contribution in [0.2, 0.25) is 10.0 Å². The SMILES string of the molecule is C[C@]12CC[C@H](O)CC1=CC[C@H]1[C@H]2CC[C@]2(C)C(=O)/C(=C/c3cccc(Cl)c3Cl)C[C@H]12. The van der Waals surface area contributed by atoms with E-state index in [1.54, 1.807) is 6.07 Å². The minimum absolute atomic E-state index is 0.181. The summed E-state index contributed by atoms with van der Waals surface area (Å²) in [4.78, 5) is 13.5. The molecular weight excluding hydrogens is 415 g/mol. The van der Waals surface area contributed by atoms with Gasteiger partial charge in [-0.05, 0) is 91.4 Å². The summed E-state index contributed by atoms with van der Waals surface area (Å²) in [5, 5.41) is 11.2. The Morgan fingerprint density at radius 3 is 2.63 bits per heavy atom. The number of aliphatic hydroxyl groups is 1. The average Bonchev–Trinajstić information content (AvgIpc) is 2.97. The maximum atomic E-state index is 13.5. The molecule has 0 spiro atoms. The van der Waals surface area contributed by atoms with E-state index in [0.29, 0.717) is 33.6 Å². The van der Waals surface area contributed by atoms with Crippen LogP contribution in [0.4, 0.5) is 0 Å². The van der Waals surface area contributed by atoms with Crippen LogP contribution in [0.5, 0.6) is 0 Å². The second-order valence-corrected chi connectivity index (χ2v) is 11.2. The smallest absolute Gasteiger partial charge is 0.165 e. The number of carbonyl (C=O) groups is 1. The molecule has 3 fully saturated rings. The van der Waals surface area contributed by atoms with Crippen molar-refractivity contribution >= 4 is 35.1 Å². The van der Waals surface area contributed by atoms with Crippen molar-refractivity contribution in [2.45, 2.75) is 64.9 Å². The predicted molar refractivity (Wildman–Crippen MR) is 123 cm³/mol. The van der Waals surface area contributed by atoms with Gasteiger partial charge in [-0.2, -0.15) is 0 Å². The molecule has 0 heterocycles. The normalized spacial score (nSPS) is 41.8. The summed E-state index contributed by atoms with van der Waals surface area (Å²) in [5.41, 5.74) is 3.14. The molecule has 4 heteroatoms. The van der Waals surface area contributed by atoms with E-state index in [9.17, 15) is 9.90 Å². The zero-order chi connectivity index (χ0) is 21.3. The zero-order valence-electron chi connectivity index (χ0n) is 17.8. The fraction of sp³-hybridized carbons (Fsp3) is 0.577. The van der Waals surface area contributed by atoms with Gasteiger partial charge in [0.25, 0.3) is 0 Å². The molecular formula is C26H30Cl2O2. The topological polar surface area (TPSA) is 37.3 Å². The molecule has 4 aliphatic rings. The van der Waals surface area contributed by atoms with Gasteiger partial charge in [0.05, 0.1) is 16.1 Å². The number of allylic oxidation sites excluding steroid dienone is 2. The Kier molecular flexibility index (Phi) is 5.00. The van der Waals surface area contributed by atoms with Crippen LogP contribution in [-0.4, -0.2) is 17.0 Å². The number of Topliss-reactive ketones (excluding diaryl/α,β-unsaturated/α-hetero) is 1. The Labute approximate surface area is 189 Å². The lowest BCUT2D eigenvalue weighted by atomic mass is 9.48. The third-order valence-corrected chi connectivity index (χ3v) is 9.86. The van der Waals surface area contributed by atoms with Gasteiger partial charge in [0, 0.05) is 5.41 Å². The molecule has 30 heavy (non-hydrogen) atoms. The Bertz CT molecular complexity index is 964. The van der Waals surface area contributed by atoms with E-state index in [1.807, 2.05) is 18.2 Å². The van der Waals surface area contributed by atoms with Gasteiger partial charge in [0.1, 0.15) is 0 Å². The van der Waals surface area contributed by atoms with E-state index in [2.05, 4.69) is 19.9 Å². The summed E-state index contributed by atoms with van der Waals surface area (Å²) >= 11 is 12.6. The Hall–Kier alpha value is -1.09. The van der Waals surface area contributed by atoms with E-state index in [0.717, 1.165) is 56.1 Å². The van der Waals surface area contributed by atoms with Gasteiger partial charge >= 0.3 is 0 Å². The van der Waals surface area contributed by atoms with Crippen LogP contribution in [0.25, 0.3) is 6.08 Å². The highest BCUT2D eigenvalue weighted by molar-refractivity contribution is 6.43. The van der Waals surface area contributed by atoms with Crippen LogP contribution >= 0.6 is 23.2 Å². The number of rotatable bonds is 1. The molecule has 0 unspecified atom stereocenters. The van der Waals surface area contributed by atoms with E-state index >= 15 is 0 Å². The second-order valence-electron chi connectivity index (χ2n) is 10.5. The van der Waals surface area contributed by atoms with Crippen LogP contribution in [-0.2, 0) is 4.79 Å². The first-order chi connectivity index (χ1) is 14.2. The molecule has 0 amide bonds. The molecule has 5 rings (SSSR count). The number of hydrogen-bond acceptors (Lipinski definition) is 2. The molecule has 0 bridgehead atoms. The number of aliphatic hydroxyl groups excluding tert-OH is 1. The summed E-state index contributed by atoms with van der Waals surface area (Å²) in [5.74, 6) is 1.85. The highest BCUT2D eigenvalue weighted by atomic mass is 35.5. The van der Waals surface area contributed by atoms with Crippen LogP contribution in [0.1, 0.15) is 64.4 Å². The number of ketones is 1. The molecule has 6 atom stereocenters. The van der Waals surface area contributed by atoms with Crippen LogP contribution in [0.15, 0.2) is 35.4 Å². The molecule has 0 aromatic heterocycles. The summed E-state index contributed by atoms with van der Waals surface area (Å²) in [7, 11) is 0. The van der Waals surface area contributed by atoms with Crippen molar-refractivity contribution in [1.82, 2.24) is 0 Å². The summed E-state index contributed by atoms with van der Waals surface area (Å²) in [6, 6.07) is 5.60. The lowest BCUT2D eigenvalue weighted by Crippen LogP contribution is -2.50. The minimum atomic E-state index is -0.270. The van der Waals surface area contributed by atoms with E-state index in [1.165, 1.54) is 5.57 Å². The van der Waals surface area contributed by atoms with E-state index in [-0.39, 0.29) is 16.9 Å². The third-order valence-electron chi connectivity index (χ3n) is 9.03. The highest BCUT2D eigenvalue weighted by Gasteiger charge is 2.59. The average molecular weight is 445 g/mol. The van der Waals surface area contributed by atoms with Crippen molar-refractivity contribution in [2.24, 2.45) is 28.6 Å². The third kappa shape index (κ3) is 2.98. The Morgan fingerprint density at radius 1 is 1.07 bits per heavy atom. The largest absolute Gasteiger partial charge is 0.393 e. The lowest BCUT2D eigenvalue weighted by molar-refractivity contribution is -0.130. The van der Waals surface area contributed by atoms with E-state index in [4.69, 9.17) is 23.2 Å². The quantitative estimate of drug-likeness (QED) is 0.378. The van der Waals surface area contributed by atoms with Crippen molar-refractivity contribution in [3.8, 4) is 0 Å². The van der Waals surface area contributed by atoms with E-state index < -0.39 is 0 Å². The van der Waals surface area contributed by atoms with Crippen molar-refractivity contribution in [2.75, 3.05) is 0 Å². The van der Waals surface area contributed by atoms with Crippen molar-refractivity contribution < 1.29 is 9.90 Å². The number of hydrogen-bond donors (Lipinski definition) is 1. The Morgan fingerprint density at radius 2 is 1.83 bits per heavy atom. The van der Waals surface area contributed by atoms with Gasteiger partial charge < -0.3 is 5.11 Å². The monoisotopic (exact) mass is 444 g/mol. The van der Waals surface area contributed by atoms with Crippen molar-refractivity contribution in [1.29, 1.82) is 0 Å². The molecule has 2 nitrogen and oxygen atoms in total. The van der Waals surface area contributed by atoms with Gasteiger partial charge in [-0.15, -0.1) is 0 Å². The molecule has 0 aliphatic heterocycles. The summed E-state index contributed by atoms with van der Waals surface area (Å²) in [6.07, 6.45) is 11.0. The van der Waals surface area contributed by atoms with Gasteiger partial charge in [-0.25, -0.2) is 0 Å². The van der Waals surface area contributed by atoms with Crippen LogP contribution in [0.3, 0.4) is 0 Å². The van der Waals surface area contributed by atoms with Crippen molar-refractivity contribution in [3.05, 3.63) is 51.0 Å². The maximum absolute atomic E-state index is 13.5. The first-order valence-electron chi connectivity index (χ1n) is 11.3. The fourth-order valence-electron chi connectivity index (χ4n) is 7.26. The number of halogens is 2. The molecule has 0 saturated heterocycles. The molecule has 3 saturated carbocycles. The molecule has 160 valence electrons. The zero-order valence-corrected chi connectivity index (χ0v) is 19.3. The standard InChI is InChI=1S/C26H30Cl2O2/c1-25-10-8-18(29)14-17(25)6-7-19-20(25)9-11-26(2)21(19)13-16(24(26)30)12-15-4-3-5-22(27)23(15)28/h3-6,12,18-21,29H,7-11,13-14H2,1-2H3/b16-12+/t18-,19-,20+,21+,25-,26-/m0/s1. The first-order valence-corrected chi connectivity index (χ1v) is 12.1. The molecule has 1 aromatic carbocycles. The molecule has 4 aliphatic carbocycles. The van der Waals surface area contributed by atoms with Gasteiger partial charge in [0.2, 0.25) is 0 Å². The summed E-state index contributed by atoms with van der Waals surface area (Å²) in [6.45, 7) is 4.62. The molecule has 1 N–H and O–H groups in total. The highest BCUT2D eigenvalue weighted by Crippen LogP contribution is 2.64. The predicted octanol–water partition coefficient (Wildman–Crippen LogP) is 6.88. The van der Waals surface area contributed by atoms with Gasteiger partial charge in [-0.3, -0.25) is 4.79 Å². The van der Waals surface area contributed by atoms with Gasteiger partial charge in [-0.1, -0.05) is 60.8 Å². The number of benzene rings is 1. The van der Waals surface area contributed by atoms with Crippen molar-refractivity contribution in [3.63, 3.8) is 0 Å². The van der Waals surface area contributed by atoms with Gasteiger partial charge in [0.15, 0.2) is 5.78 Å². The number of carbonyl (C=O) groups excluding carboxylic acids is 1.